The normalized spacial score (nSPS) is 11.9. The van der Waals surface area contributed by atoms with Crippen LogP contribution in [0.5, 0.6) is 17.2 Å². The SMILES string of the molecule is COc1ccc(-n2c([C@@H](C)Oc3ccc(F)cc3F)n[nH]c2=S)cc1OC. The summed E-state index contributed by atoms with van der Waals surface area (Å²) in [7, 11) is 3.07. The molecule has 0 aliphatic carbocycles. The van der Waals surface area contributed by atoms with Crippen molar-refractivity contribution in [2.75, 3.05) is 14.2 Å². The average Bonchev–Trinajstić information content (AvgIpc) is 3.05. The third-order valence-electron chi connectivity index (χ3n) is 3.88. The summed E-state index contributed by atoms with van der Waals surface area (Å²) in [5.41, 5.74) is 0.663. The Hall–Kier alpha value is -2.94. The van der Waals surface area contributed by atoms with Gasteiger partial charge >= 0.3 is 0 Å². The van der Waals surface area contributed by atoms with Crippen molar-refractivity contribution >= 4 is 12.2 Å². The third-order valence-corrected chi connectivity index (χ3v) is 4.16. The molecule has 0 spiro atoms. The Morgan fingerprint density at radius 3 is 2.41 bits per heavy atom. The van der Waals surface area contributed by atoms with Crippen LogP contribution in [0, 0.1) is 16.4 Å². The van der Waals surface area contributed by atoms with E-state index < -0.39 is 17.7 Å². The predicted molar refractivity (Wildman–Crippen MR) is 97.3 cm³/mol. The van der Waals surface area contributed by atoms with E-state index in [1.54, 1.807) is 36.8 Å². The van der Waals surface area contributed by atoms with E-state index in [2.05, 4.69) is 10.2 Å². The summed E-state index contributed by atoms with van der Waals surface area (Å²) in [6, 6.07) is 8.35. The molecule has 1 atom stereocenters. The molecular formula is C18H17F2N3O3S. The monoisotopic (exact) mass is 393 g/mol. The predicted octanol–water partition coefficient (Wildman–Crippen LogP) is 4.37. The quantitative estimate of drug-likeness (QED) is 0.631. The Bertz CT molecular complexity index is 1020. The fourth-order valence-corrected chi connectivity index (χ4v) is 2.85. The van der Waals surface area contributed by atoms with E-state index in [4.69, 9.17) is 26.4 Å². The summed E-state index contributed by atoms with van der Waals surface area (Å²) in [6.07, 6.45) is -0.675. The van der Waals surface area contributed by atoms with Gasteiger partial charge in [-0.05, 0) is 43.4 Å². The highest BCUT2D eigenvalue weighted by Crippen LogP contribution is 2.31. The van der Waals surface area contributed by atoms with Gasteiger partial charge < -0.3 is 14.2 Å². The van der Waals surface area contributed by atoms with Crippen LogP contribution in [-0.4, -0.2) is 29.0 Å². The minimum atomic E-state index is -0.798. The van der Waals surface area contributed by atoms with Gasteiger partial charge in [-0.3, -0.25) is 9.67 Å². The van der Waals surface area contributed by atoms with E-state index in [1.807, 2.05) is 0 Å². The zero-order valence-electron chi connectivity index (χ0n) is 14.8. The second-order valence-electron chi connectivity index (χ2n) is 5.60. The zero-order valence-corrected chi connectivity index (χ0v) is 15.6. The molecule has 0 saturated carbocycles. The number of nitrogens with zero attached hydrogens (tertiary/aromatic N) is 2. The molecule has 0 bridgehead atoms. The molecule has 0 unspecified atom stereocenters. The molecule has 1 heterocycles. The molecule has 6 nitrogen and oxygen atoms in total. The van der Waals surface area contributed by atoms with Crippen molar-refractivity contribution < 1.29 is 23.0 Å². The lowest BCUT2D eigenvalue weighted by atomic mass is 10.2. The number of halogens is 2. The Kier molecular flexibility index (Phi) is 5.41. The largest absolute Gasteiger partial charge is 0.493 e. The number of aromatic nitrogens is 3. The molecule has 9 heteroatoms. The lowest BCUT2D eigenvalue weighted by Gasteiger charge is -2.17. The highest BCUT2D eigenvalue weighted by atomic mass is 32.1. The number of hydrogen-bond donors (Lipinski definition) is 1. The van der Waals surface area contributed by atoms with Crippen LogP contribution in [0.3, 0.4) is 0 Å². The number of ether oxygens (including phenoxy) is 3. The van der Waals surface area contributed by atoms with Crippen LogP contribution in [0.2, 0.25) is 0 Å². The standard InChI is InChI=1S/C18H17F2N3O3S/c1-10(26-14-6-4-11(19)8-13(14)20)17-21-22-18(27)23(17)12-5-7-15(24-2)16(9-12)25-3/h4-10H,1-3H3,(H,22,27)/t10-/m1/s1. The van der Waals surface area contributed by atoms with Gasteiger partial charge in [0.1, 0.15) is 5.82 Å². The molecule has 0 radical (unpaired) electrons. The van der Waals surface area contributed by atoms with Gasteiger partial charge in [-0.2, -0.15) is 5.10 Å². The third kappa shape index (κ3) is 3.77. The lowest BCUT2D eigenvalue weighted by Crippen LogP contribution is -2.12. The smallest absolute Gasteiger partial charge is 0.199 e. The van der Waals surface area contributed by atoms with Crippen molar-refractivity contribution in [2.24, 2.45) is 0 Å². The van der Waals surface area contributed by atoms with Crippen molar-refractivity contribution in [3.63, 3.8) is 0 Å². The number of benzene rings is 2. The summed E-state index contributed by atoms with van der Waals surface area (Å²) in [6.45, 7) is 1.69. The van der Waals surface area contributed by atoms with E-state index in [9.17, 15) is 8.78 Å². The van der Waals surface area contributed by atoms with Crippen LogP contribution in [0.1, 0.15) is 18.9 Å². The molecule has 3 aromatic rings. The summed E-state index contributed by atoms with van der Waals surface area (Å²) in [5, 5.41) is 6.89. The van der Waals surface area contributed by atoms with Crippen molar-refractivity contribution in [1.82, 2.24) is 14.8 Å². The number of hydrogen-bond acceptors (Lipinski definition) is 5. The van der Waals surface area contributed by atoms with E-state index >= 15 is 0 Å². The number of rotatable bonds is 6. The molecule has 142 valence electrons. The average molecular weight is 393 g/mol. The highest BCUT2D eigenvalue weighted by molar-refractivity contribution is 7.71. The van der Waals surface area contributed by atoms with Crippen LogP contribution in [0.15, 0.2) is 36.4 Å². The van der Waals surface area contributed by atoms with E-state index in [1.165, 1.54) is 13.2 Å². The van der Waals surface area contributed by atoms with Crippen molar-refractivity contribution in [3.05, 3.63) is 58.6 Å². The maximum atomic E-state index is 13.9. The molecule has 27 heavy (non-hydrogen) atoms. The number of nitrogens with one attached hydrogen (secondary N) is 1. The van der Waals surface area contributed by atoms with Crippen LogP contribution in [-0.2, 0) is 0 Å². The van der Waals surface area contributed by atoms with E-state index in [-0.39, 0.29) is 5.75 Å². The summed E-state index contributed by atoms with van der Waals surface area (Å²) >= 11 is 5.32. The summed E-state index contributed by atoms with van der Waals surface area (Å²) < 4.78 is 45.1. The Morgan fingerprint density at radius 1 is 1.04 bits per heavy atom. The molecule has 1 aromatic heterocycles. The zero-order chi connectivity index (χ0) is 19.6. The van der Waals surface area contributed by atoms with E-state index in [0.717, 1.165) is 12.1 Å². The Morgan fingerprint density at radius 2 is 1.74 bits per heavy atom. The van der Waals surface area contributed by atoms with Gasteiger partial charge in [0.2, 0.25) is 0 Å². The number of H-pyrrole nitrogens is 1. The lowest BCUT2D eigenvalue weighted by molar-refractivity contribution is 0.204. The van der Waals surface area contributed by atoms with Gasteiger partial charge in [0.15, 0.2) is 39.8 Å². The van der Waals surface area contributed by atoms with Gasteiger partial charge in [0.25, 0.3) is 0 Å². The molecule has 0 saturated heterocycles. The van der Waals surface area contributed by atoms with Gasteiger partial charge in [-0.15, -0.1) is 0 Å². The van der Waals surface area contributed by atoms with Crippen molar-refractivity contribution in [2.45, 2.75) is 13.0 Å². The van der Waals surface area contributed by atoms with Gasteiger partial charge in [0, 0.05) is 12.1 Å². The fraction of sp³-hybridized carbons (Fsp3) is 0.222. The number of aromatic amines is 1. The molecule has 0 aliphatic rings. The molecule has 1 N–H and O–H groups in total. The topological polar surface area (TPSA) is 61.3 Å². The first-order valence-corrected chi connectivity index (χ1v) is 8.37. The number of methoxy groups -OCH3 is 2. The highest BCUT2D eigenvalue weighted by Gasteiger charge is 2.20. The second kappa shape index (κ2) is 7.75. The first-order valence-electron chi connectivity index (χ1n) is 7.96. The minimum Gasteiger partial charge on any atom is -0.493 e. The molecule has 0 amide bonds. The summed E-state index contributed by atoms with van der Waals surface area (Å²) in [5.74, 6) is -0.0699. The minimum absolute atomic E-state index is 0.0864. The van der Waals surface area contributed by atoms with Crippen LogP contribution in [0.25, 0.3) is 5.69 Å². The van der Waals surface area contributed by atoms with Crippen LogP contribution in [0.4, 0.5) is 8.78 Å². The maximum Gasteiger partial charge on any atom is 0.199 e. The first-order chi connectivity index (χ1) is 12.9. The second-order valence-corrected chi connectivity index (χ2v) is 5.98. The molecule has 3 rings (SSSR count). The molecule has 2 aromatic carbocycles. The van der Waals surface area contributed by atoms with Gasteiger partial charge in [-0.25, -0.2) is 8.78 Å². The Balaban J connectivity index is 1.98. The Labute approximate surface area is 159 Å². The van der Waals surface area contributed by atoms with Crippen molar-refractivity contribution in [3.8, 4) is 22.9 Å². The van der Waals surface area contributed by atoms with Gasteiger partial charge in [-0.1, -0.05) is 0 Å². The van der Waals surface area contributed by atoms with Crippen LogP contribution < -0.4 is 14.2 Å². The first kappa shape index (κ1) is 18.8. The van der Waals surface area contributed by atoms with Crippen molar-refractivity contribution in [1.29, 1.82) is 0 Å². The molecular weight excluding hydrogens is 376 g/mol. The molecule has 0 aliphatic heterocycles. The van der Waals surface area contributed by atoms with Crippen LogP contribution >= 0.6 is 12.2 Å². The van der Waals surface area contributed by atoms with Gasteiger partial charge in [0.05, 0.1) is 19.9 Å². The maximum absolute atomic E-state index is 13.9. The van der Waals surface area contributed by atoms with E-state index in [0.29, 0.717) is 27.8 Å². The molecule has 0 fully saturated rings. The summed E-state index contributed by atoms with van der Waals surface area (Å²) in [4.78, 5) is 0. The fourth-order valence-electron chi connectivity index (χ4n) is 2.61.